The van der Waals surface area contributed by atoms with Gasteiger partial charge in [0.1, 0.15) is 17.2 Å². The van der Waals surface area contributed by atoms with Crippen LogP contribution in [0.5, 0.6) is 0 Å². The maximum absolute atomic E-state index is 13.8. The molecule has 3 rings (SSSR count). The van der Waals surface area contributed by atoms with E-state index in [4.69, 9.17) is 11.6 Å². The molecule has 0 saturated heterocycles. The molecule has 2 heterocycles. The minimum Gasteiger partial charge on any atom is -0.321 e. The SMILES string of the molecule is Cn1nccc1Cn1c(CCl)nc2c(F)cc(F)cc21. The number of hydrogen-bond donors (Lipinski definition) is 0. The molecule has 0 amide bonds. The number of nitrogens with zero attached hydrogens (tertiary/aromatic N) is 4. The minimum atomic E-state index is -0.685. The van der Waals surface area contributed by atoms with Crippen molar-refractivity contribution in [3.05, 3.63) is 47.5 Å². The lowest BCUT2D eigenvalue weighted by molar-refractivity contribution is 0.590. The number of imidazole rings is 1. The Kier molecular flexibility index (Phi) is 3.17. The first kappa shape index (κ1) is 13.1. The van der Waals surface area contributed by atoms with E-state index in [2.05, 4.69) is 10.1 Å². The summed E-state index contributed by atoms with van der Waals surface area (Å²) in [4.78, 5) is 4.14. The fraction of sp³-hybridized carbons (Fsp3) is 0.231. The second kappa shape index (κ2) is 4.86. The van der Waals surface area contributed by atoms with E-state index >= 15 is 0 Å². The van der Waals surface area contributed by atoms with Crippen LogP contribution in [0.1, 0.15) is 11.5 Å². The van der Waals surface area contributed by atoms with E-state index in [-0.39, 0.29) is 11.4 Å². The summed E-state index contributed by atoms with van der Waals surface area (Å²) in [5.41, 5.74) is 1.41. The molecule has 104 valence electrons. The minimum absolute atomic E-state index is 0.119. The molecule has 0 aliphatic rings. The van der Waals surface area contributed by atoms with E-state index in [1.807, 2.05) is 6.07 Å². The molecule has 1 aromatic carbocycles. The van der Waals surface area contributed by atoms with E-state index < -0.39 is 11.6 Å². The van der Waals surface area contributed by atoms with Gasteiger partial charge in [0.2, 0.25) is 0 Å². The first-order chi connectivity index (χ1) is 9.60. The normalized spacial score (nSPS) is 11.4. The van der Waals surface area contributed by atoms with Gasteiger partial charge in [0.05, 0.1) is 23.6 Å². The molecule has 0 unspecified atom stereocenters. The fourth-order valence-corrected chi connectivity index (χ4v) is 2.40. The third-order valence-electron chi connectivity index (χ3n) is 3.21. The average Bonchev–Trinajstić information content (AvgIpc) is 2.95. The Morgan fingerprint density at radius 1 is 1.30 bits per heavy atom. The van der Waals surface area contributed by atoms with Gasteiger partial charge in [-0.05, 0) is 12.1 Å². The van der Waals surface area contributed by atoms with Crippen LogP contribution in [0.3, 0.4) is 0 Å². The van der Waals surface area contributed by atoms with Gasteiger partial charge in [-0.1, -0.05) is 0 Å². The molecule has 0 atom stereocenters. The zero-order valence-corrected chi connectivity index (χ0v) is 11.4. The van der Waals surface area contributed by atoms with Crippen molar-refractivity contribution in [3.63, 3.8) is 0 Å². The molecule has 7 heteroatoms. The first-order valence-corrected chi connectivity index (χ1v) is 6.50. The Morgan fingerprint density at radius 2 is 2.10 bits per heavy atom. The van der Waals surface area contributed by atoms with E-state index in [1.54, 1.807) is 22.5 Å². The molecule has 0 spiro atoms. The van der Waals surface area contributed by atoms with Crippen LogP contribution in [0.2, 0.25) is 0 Å². The molecule has 0 aliphatic carbocycles. The van der Waals surface area contributed by atoms with Crippen molar-refractivity contribution in [2.45, 2.75) is 12.4 Å². The lowest BCUT2D eigenvalue weighted by Crippen LogP contribution is -2.08. The van der Waals surface area contributed by atoms with Crippen LogP contribution >= 0.6 is 11.6 Å². The Morgan fingerprint density at radius 3 is 2.75 bits per heavy atom. The quantitative estimate of drug-likeness (QED) is 0.697. The van der Waals surface area contributed by atoms with Gasteiger partial charge in [-0.2, -0.15) is 5.10 Å². The maximum atomic E-state index is 13.8. The van der Waals surface area contributed by atoms with Gasteiger partial charge in [-0.3, -0.25) is 4.68 Å². The van der Waals surface area contributed by atoms with Crippen molar-refractivity contribution in [3.8, 4) is 0 Å². The molecule has 3 aromatic rings. The summed E-state index contributed by atoms with van der Waals surface area (Å²) in [5.74, 6) is -0.710. The number of alkyl halides is 1. The highest BCUT2D eigenvalue weighted by Gasteiger charge is 2.16. The zero-order valence-electron chi connectivity index (χ0n) is 10.6. The predicted molar refractivity (Wildman–Crippen MR) is 71.5 cm³/mol. The number of hydrogen-bond acceptors (Lipinski definition) is 2. The Balaban J connectivity index is 2.20. The van der Waals surface area contributed by atoms with Gasteiger partial charge in [-0.15, -0.1) is 11.6 Å². The number of benzene rings is 1. The van der Waals surface area contributed by atoms with Crippen LogP contribution in [0, 0.1) is 11.6 Å². The number of aromatic nitrogens is 4. The lowest BCUT2D eigenvalue weighted by Gasteiger charge is -2.08. The largest absolute Gasteiger partial charge is 0.321 e. The van der Waals surface area contributed by atoms with Gasteiger partial charge in [0.15, 0.2) is 5.82 Å². The van der Waals surface area contributed by atoms with E-state index in [9.17, 15) is 8.78 Å². The van der Waals surface area contributed by atoms with Gasteiger partial charge in [0, 0.05) is 19.3 Å². The molecule has 0 bridgehead atoms. The predicted octanol–water partition coefficient (Wildman–Crippen LogP) is 2.84. The third kappa shape index (κ3) is 2.06. The van der Waals surface area contributed by atoms with Crippen molar-refractivity contribution >= 4 is 22.6 Å². The van der Waals surface area contributed by atoms with Crippen LogP contribution in [0.25, 0.3) is 11.0 Å². The highest BCUT2D eigenvalue weighted by atomic mass is 35.5. The summed E-state index contributed by atoms with van der Waals surface area (Å²) in [7, 11) is 1.80. The molecular weight excluding hydrogens is 286 g/mol. The van der Waals surface area contributed by atoms with Crippen molar-refractivity contribution < 1.29 is 8.78 Å². The van der Waals surface area contributed by atoms with Crippen molar-refractivity contribution in [1.82, 2.24) is 19.3 Å². The number of aryl methyl sites for hydroxylation is 1. The van der Waals surface area contributed by atoms with Crippen LogP contribution in [-0.2, 0) is 19.5 Å². The molecule has 0 N–H and O–H groups in total. The summed E-state index contributed by atoms with van der Waals surface area (Å²) < 4.78 is 30.6. The van der Waals surface area contributed by atoms with Gasteiger partial charge >= 0.3 is 0 Å². The Bertz CT molecular complexity index is 778. The van der Waals surface area contributed by atoms with Crippen LogP contribution in [-0.4, -0.2) is 19.3 Å². The second-order valence-corrected chi connectivity index (χ2v) is 4.72. The standard InChI is InChI=1S/C13H11ClF2N4/c1-19-9(2-3-17-19)7-20-11-5-8(15)4-10(16)13(11)18-12(20)6-14/h2-5H,6-7H2,1H3. The van der Waals surface area contributed by atoms with Gasteiger partial charge in [0.25, 0.3) is 0 Å². The van der Waals surface area contributed by atoms with Crippen molar-refractivity contribution in [1.29, 1.82) is 0 Å². The average molecular weight is 297 g/mol. The zero-order chi connectivity index (χ0) is 14.3. The highest BCUT2D eigenvalue weighted by Crippen LogP contribution is 2.23. The third-order valence-corrected chi connectivity index (χ3v) is 3.45. The summed E-state index contributed by atoms with van der Waals surface area (Å²) in [6.07, 6.45) is 1.66. The molecule has 0 aliphatic heterocycles. The number of fused-ring (bicyclic) bond motifs is 1. The monoisotopic (exact) mass is 296 g/mol. The summed E-state index contributed by atoms with van der Waals surface area (Å²) in [6, 6.07) is 3.92. The maximum Gasteiger partial charge on any atom is 0.153 e. The smallest absolute Gasteiger partial charge is 0.153 e. The van der Waals surface area contributed by atoms with E-state index in [0.29, 0.717) is 17.9 Å². The summed E-state index contributed by atoms with van der Waals surface area (Å²) in [5, 5.41) is 4.07. The molecule has 0 fully saturated rings. The summed E-state index contributed by atoms with van der Waals surface area (Å²) >= 11 is 5.85. The van der Waals surface area contributed by atoms with E-state index in [0.717, 1.165) is 11.8 Å². The lowest BCUT2D eigenvalue weighted by atomic mass is 10.3. The molecule has 2 aromatic heterocycles. The number of halogens is 3. The number of rotatable bonds is 3. The van der Waals surface area contributed by atoms with Crippen LogP contribution in [0.15, 0.2) is 24.4 Å². The van der Waals surface area contributed by atoms with Crippen molar-refractivity contribution in [2.75, 3.05) is 0 Å². The van der Waals surface area contributed by atoms with E-state index in [1.165, 1.54) is 6.07 Å². The van der Waals surface area contributed by atoms with Gasteiger partial charge in [-0.25, -0.2) is 13.8 Å². The first-order valence-electron chi connectivity index (χ1n) is 5.97. The topological polar surface area (TPSA) is 35.6 Å². The molecule has 0 radical (unpaired) electrons. The highest BCUT2D eigenvalue weighted by molar-refractivity contribution is 6.16. The molecule has 20 heavy (non-hydrogen) atoms. The molecular formula is C13H11ClF2N4. The second-order valence-electron chi connectivity index (χ2n) is 4.45. The fourth-order valence-electron chi connectivity index (χ4n) is 2.19. The van der Waals surface area contributed by atoms with Gasteiger partial charge < -0.3 is 4.57 Å². The Hall–Kier alpha value is -1.95. The Labute approximate surface area is 118 Å². The molecule has 4 nitrogen and oxygen atoms in total. The summed E-state index contributed by atoms with van der Waals surface area (Å²) in [6.45, 7) is 0.401. The molecule has 0 saturated carbocycles. The van der Waals surface area contributed by atoms with Crippen LogP contribution in [0.4, 0.5) is 8.78 Å². The van der Waals surface area contributed by atoms with Crippen LogP contribution < -0.4 is 0 Å². The van der Waals surface area contributed by atoms with Crippen molar-refractivity contribution in [2.24, 2.45) is 7.05 Å².